The molecular formula is C22H19ClN2O7S. The summed E-state index contributed by atoms with van der Waals surface area (Å²) in [5.41, 5.74) is 0.917. The number of aromatic carboxylic acids is 1. The van der Waals surface area contributed by atoms with Gasteiger partial charge in [0.1, 0.15) is 0 Å². The van der Waals surface area contributed by atoms with Crippen LogP contribution < -0.4 is 14.8 Å². The lowest BCUT2D eigenvalue weighted by Crippen LogP contribution is -2.19. The maximum atomic E-state index is 12.4. The zero-order valence-electron chi connectivity index (χ0n) is 17.6. The molecule has 0 bridgehead atoms. The number of thioether (sulfide) groups is 1. The number of aliphatic imine (C=N–C) groups is 1. The maximum Gasteiger partial charge on any atom is 0.344 e. The molecule has 0 atom stereocenters. The van der Waals surface area contributed by atoms with Crippen molar-refractivity contribution in [3.8, 4) is 11.5 Å². The number of amides is 1. The van der Waals surface area contributed by atoms with Crippen LogP contribution in [0.1, 0.15) is 22.8 Å². The van der Waals surface area contributed by atoms with Gasteiger partial charge in [-0.3, -0.25) is 4.79 Å². The molecule has 9 nitrogen and oxygen atoms in total. The minimum absolute atomic E-state index is 0.0824. The second kappa shape index (κ2) is 10.9. The maximum absolute atomic E-state index is 12.4. The van der Waals surface area contributed by atoms with E-state index in [2.05, 4.69) is 10.3 Å². The van der Waals surface area contributed by atoms with Crippen molar-refractivity contribution in [1.29, 1.82) is 0 Å². The number of benzene rings is 2. The van der Waals surface area contributed by atoms with Crippen molar-refractivity contribution in [2.24, 2.45) is 4.99 Å². The molecule has 33 heavy (non-hydrogen) atoms. The Hall–Kier alpha value is -3.50. The topological polar surface area (TPSA) is 124 Å². The van der Waals surface area contributed by atoms with Gasteiger partial charge in [-0.1, -0.05) is 17.7 Å². The Balaban J connectivity index is 1.77. The zero-order valence-corrected chi connectivity index (χ0v) is 19.2. The molecule has 11 heteroatoms. The number of nitrogens with zero attached hydrogens (tertiary/aromatic N) is 1. The number of amidine groups is 1. The van der Waals surface area contributed by atoms with Gasteiger partial charge in [0, 0.05) is 0 Å². The number of hydrogen-bond donors (Lipinski definition) is 2. The summed E-state index contributed by atoms with van der Waals surface area (Å²) < 4.78 is 15.6. The minimum Gasteiger partial charge on any atom is -0.493 e. The Morgan fingerprint density at radius 3 is 2.70 bits per heavy atom. The van der Waals surface area contributed by atoms with Crippen LogP contribution in [0.2, 0.25) is 5.02 Å². The number of carbonyl (C=O) groups is 3. The van der Waals surface area contributed by atoms with Gasteiger partial charge in [0.25, 0.3) is 5.91 Å². The molecule has 1 aliphatic rings. The highest BCUT2D eigenvalue weighted by Gasteiger charge is 2.24. The summed E-state index contributed by atoms with van der Waals surface area (Å²) in [6.45, 7) is 1.71. The summed E-state index contributed by atoms with van der Waals surface area (Å²) in [5.74, 6) is -1.28. The molecule has 0 aromatic heterocycles. The number of rotatable bonds is 8. The molecule has 2 N–H and O–H groups in total. The standard InChI is InChI=1S/C22H19ClN2O7S/c1-3-31-19(26)11-32-16-7-4-12(8-17(16)30-2)9-18-20(27)25-22(33-18)24-13-5-6-15(23)14(10-13)21(28)29/h4-10H,3,11H2,1-2H3,(H,28,29)(H,24,25,27)/b18-9-. The van der Waals surface area contributed by atoms with E-state index in [1.165, 1.54) is 19.2 Å². The highest BCUT2D eigenvalue weighted by molar-refractivity contribution is 8.18. The largest absolute Gasteiger partial charge is 0.493 e. The van der Waals surface area contributed by atoms with Crippen molar-refractivity contribution in [2.45, 2.75) is 6.92 Å². The number of nitrogens with one attached hydrogen (secondary N) is 1. The Morgan fingerprint density at radius 2 is 2.00 bits per heavy atom. The fourth-order valence-corrected chi connectivity index (χ4v) is 3.77. The monoisotopic (exact) mass is 490 g/mol. The highest BCUT2D eigenvalue weighted by atomic mass is 35.5. The number of carbonyl (C=O) groups excluding carboxylic acids is 2. The summed E-state index contributed by atoms with van der Waals surface area (Å²) in [7, 11) is 1.46. The Kier molecular flexibility index (Phi) is 7.96. The van der Waals surface area contributed by atoms with E-state index in [0.717, 1.165) is 11.8 Å². The van der Waals surface area contributed by atoms with E-state index in [1.807, 2.05) is 0 Å². The van der Waals surface area contributed by atoms with Gasteiger partial charge >= 0.3 is 11.9 Å². The average molecular weight is 491 g/mol. The predicted octanol–water partition coefficient (Wildman–Crippen LogP) is 3.88. The van der Waals surface area contributed by atoms with Crippen LogP contribution in [0.3, 0.4) is 0 Å². The van der Waals surface area contributed by atoms with Crippen LogP contribution in [0.25, 0.3) is 6.08 Å². The van der Waals surface area contributed by atoms with E-state index in [9.17, 15) is 19.5 Å². The molecule has 1 fully saturated rings. The third kappa shape index (κ3) is 6.27. The first kappa shape index (κ1) is 24.1. The van der Waals surface area contributed by atoms with Crippen LogP contribution in [0.4, 0.5) is 5.69 Å². The van der Waals surface area contributed by atoms with Gasteiger partial charge in [0.2, 0.25) is 0 Å². The van der Waals surface area contributed by atoms with Crippen LogP contribution in [-0.4, -0.2) is 48.4 Å². The van der Waals surface area contributed by atoms with Gasteiger partial charge in [-0.25, -0.2) is 14.6 Å². The lowest BCUT2D eigenvalue weighted by molar-refractivity contribution is -0.145. The number of halogens is 1. The molecule has 2 aromatic rings. The molecule has 0 saturated carbocycles. The molecule has 0 unspecified atom stereocenters. The lowest BCUT2D eigenvalue weighted by atomic mass is 10.2. The van der Waals surface area contributed by atoms with Crippen molar-refractivity contribution in [2.75, 3.05) is 20.3 Å². The van der Waals surface area contributed by atoms with E-state index in [0.29, 0.717) is 32.8 Å². The third-order valence-electron chi connectivity index (χ3n) is 4.20. The predicted molar refractivity (Wildman–Crippen MR) is 124 cm³/mol. The molecule has 0 aliphatic carbocycles. The fourth-order valence-electron chi connectivity index (χ4n) is 2.73. The van der Waals surface area contributed by atoms with E-state index in [-0.39, 0.29) is 29.7 Å². The van der Waals surface area contributed by atoms with Gasteiger partial charge in [-0.05, 0) is 60.7 Å². The van der Waals surface area contributed by atoms with Crippen LogP contribution in [0.5, 0.6) is 11.5 Å². The van der Waals surface area contributed by atoms with Crippen molar-refractivity contribution < 1.29 is 33.7 Å². The second-order valence-electron chi connectivity index (χ2n) is 6.46. The SMILES string of the molecule is CCOC(=O)COc1ccc(/C=C2\SC(=Nc3ccc(Cl)c(C(=O)O)c3)NC2=O)cc1OC. The lowest BCUT2D eigenvalue weighted by Gasteiger charge is -2.11. The molecule has 1 heterocycles. The van der Waals surface area contributed by atoms with E-state index in [1.54, 1.807) is 37.3 Å². The fraction of sp³-hybridized carbons (Fsp3) is 0.182. The number of hydrogen-bond acceptors (Lipinski definition) is 8. The van der Waals surface area contributed by atoms with E-state index in [4.69, 9.17) is 25.8 Å². The van der Waals surface area contributed by atoms with Crippen LogP contribution >= 0.6 is 23.4 Å². The van der Waals surface area contributed by atoms with E-state index >= 15 is 0 Å². The first-order valence-electron chi connectivity index (χ1n) is 9.59. The second-order valence-corrected chi connectivity index (χ2v) is 7.89. The van der Waals surface area contributed by atoms with Crippen molar-refractivity contribution in [3.05, 3.63) is 57.5 Å². The highest BCUT2D eigenvalue weighted by Crippen LogP contribution is 2.32. The summed E-state index contributed by atoms with van der Waals surface area (Å²) in [4.78, 5) is 39.8. The van der Waals surface area contributed by atoms with Gasteiger partial charge in [-0.15, -0.1) is 0 Å². The quantitative estimate of drug-likeness (QED) is 0.422. The molecule has 3 rings (SSSR count). The van der Waals surface area contributed by atoms with Crippen LogP contribution in [-0.2, 0) is 14.3 Å². The van der Waals surface area contributed by atoms with Gasteiger partial charge in [0.15, 0.2) is 23.3 Å². The molecule has 1 aliphatic heterocycles. The number of ether oxygens (including phenoxy) is 3. The van der Waals surface area contributed by atoms with Crippen molar-refractivity contribution >= 4 is 58.1 Å². The third-order valence-corrected chi connectivity index (χ3v) is 5.44. The van der Waals surface area contributed by atoms with Crippen molar-refractivity contribution in [3.63, 3.8) is 0 Å². The Bertz CT molecular complexity index is 1160. The average Bonchev–Trinajstić information content (AvgIpc) is 3.12. The van der Waals surface area contributed by atoms with Gasteiger partial charge < -0.3 is 24.6 Å². The minimum atomic E-state index is -1.17. The van der Waals surface area contributed by atoms with Crippen LogP contribution in [0, 0.1) is 0 Å². The molecular weight excluding hydrogens is 472 g/mol. The normalized spacial score (nSPS) is 15.4. The molecule has 172 valence electrons. The molecule has 1 amide bonds. The smallest absolute Gasteiger partial charge is 0.344 e. The number of methoxy groups -OCH3 is 1. The first-order chi connectivity index (χ1) is 15.8. The number of carboxylic acid groups (broad SMARTS) is 1. The summed E-state index contributed by atoms with van der Waals surface area (Å²) in [5, 5.41) is 12.2. The molecule has 0 spiro atoms. The number of carboxylic acids is 1. The summed E-state index contributed by atoms with van der Waals surface area (Å²) >= 11 is 6.98. The molecule has 2 aromatic carbocycles. The Morgan fingerprint density at radius 1 is 1.21 bits per heavy atom. The van der Waals surface area contributed by atoms with E-state index < -0.39 is 11.9 Å². The summed E-state index contributed by atoms with van der Waals surface area (Å²) in [6.07, 6.45) is 1.64. The van der Waals surface area contributed by atoms with Crippen LogP contribution in [0.15, 0.2) is 46.3 Å². The van der Waals surface area contributed by atoms with Gasteiger partial charge in [-0.2, -0.15) is 0 Å². The zero-order chi connectivity index (χ0) is 24.0. The number of esters is 1. The summed E-state index contributed by atoms with van der Waals surface area (Å²) in [6, 6.07) is 9.30. The first-order valence-corrected chi connectivity index (χ1v) is 10.8. The molecule has 0 radical (unpaired) electrons. The molecule has 1 saturated heterocycles. The van der Waals surface area contributed by atoms with Gasteiger partial charge in [0.05, 0.1) is 34.9 Å². The van der Waals surface area contributed by atoms with Crippen molar-refractivity contribution in [1.82, 2.24) is 5.32 Å². The Labute approximate surface area is 198 Å².